The molecule has 0 spiro atoms. The van der Waals surface area contributed by atoms with E-state index in [-0.39, 0.29) is 5.69 Å². The van der Waals surface area contributed by atoms with Crippen LogP contribution in [0.15, 0.2) is 18.2 Å². The monoisotopic (exact) mass is 248 g/mol. The maximum absolute atomic E-state index is 11.1. The number of aldehydes is 1. The number of benzene rings is 1. The fraction of sp³-hybridized carbons (Fsp3) is 0.462. The Bertz CT molecular complexity index is 465. The molecule has 0 amide bonds. The highest BCUT2D eigenvalue weighted by Gasteiger charge is 2.19. The van der Waals surface area contributed by atoms with Crippen molar-refractivity contribution in [3.63, 3.8) is 0 Å². The highest BCUT2D eigenvalue weighted by Crippen LogP contribution is 2.28. The van der Waals surface area contributed by atoms with Crippen molar-refractivity contribution < 1.29 is 9.72 Å². The molecule has 0 aromatic heterocycles. The number of nitro groups is 1. The zero-order valence-corrected chi connectivity index (χ0v) is 10.3. The summed E-state index contributed by atoms with van der Waals surface area (Å²) < 4.78 is 0. The lowest BCUT2D eigenvalue weighted by Gasteiger charge is -2.32. The minimum atomic E-state index is -0.477. The summed E-state index contributed by atoms with van der Waals surface area (Å²) in [5.74, 6) is 0.707. The first-order valence-electron chi connectivity index (χ1n) is 6.10. The number of nitrogens with zero attached hydrogens (tertiary/aromatic N) is 2. The Hall–Kier alpha value is -1.91. The molecule has 0 N–H and O–H groups in total. The standard InChI is InChI=1S/C13H16N2O3/c1-10-4-6-14(7-5-10)13-3-2-12(15(17)18)8-11(13)9-16/h2-3,8-10H,4-7H2,1H3. The van der Waals surface area contributed by atoms with Gasteiger partial charge in [-0.2, -0.15) is 0 Å². The Morgan fingerprint density at radius 1 is 1.39 bits per heavy atom. The van der Waals surface area contributed by atoms with E-state index in [1.165, 1.54) is 12.1 Å². The number of hydrogen-bond acceptors (Lipinski definition) is 4. The number of anilines is 1. The Labute approximate surface area is 106 Å². The van der Waals surface area contributed by atoms with Crippen LogP contribution in [0.25, 0.3) is 0 Å². The summed E-state index contributed by atoms with van der Waals surface area (Å²) in [5.41, 5.74) is 1.17. The van der Waals surface area contributed by atoms with Crippen LogP contribution in [0.2, 0.25) is 0 Å². The van der Waals surface area contributed by atoms with Crippen molar-refractivity contribution in [2.45, 2.75) is 19.8 Å². The van der Waals surface area contributed by atoms with Crippen LogP contribution in [-0.2, 0) is 0 Å². The van der Waals surface area contributed by atoms with E-state index < -0.39 is 4.92 Å². The molecule has 0 bridgehead atoms. The average molecular weight is 248 g/mol. The molecule has 1 heterocycles. The molecule has 1 aliphatic rings. The molecular formula is C13H16N2O3. The van der Waals surface area contributed by atoms with Gasteiger partial charge in [0.05, 0.1) is 4.92 Å². The van der Waals surface area contributed by atoms with Gasteiger partial charge in [-0.05, 0) is 24.8 Å². The molecular weight excluding hydrogens is 232 g/mol. The van der Waals surface area contributed by atoms with Crippen LogP contribution in [0.4, 0.5) is 11.4 Å². The lowest BCUT2D eigenvalue weighted by Crippen LogP contribution is -2.33. The summed E-state index contributed by atoms with van der Waals surface area (Å²) in [6.45, 7) is 4.02. The molecule has 1 saturated heterocycles. The predicted octanol–water partition coefficient (Wildman–Crippen LogP) is 2.64. The molecule has 0 unspecified atom stereocenters. The molecule has 1 aromatic carbocycles. The smallest absolute Gasteiger partial charge is 0.270 e. The van der Waals surface area contributed by atoms with Crippen LogP contribution >= 0.6 is 0 Å². The van der Waals surface area contributed by atoms with Gasteiger partial charge in [0.1, 0.15) is 0 Å². The number of carbonyl (C=O) groups excluding carboxylic acids is 1. The first-order valence-corrected chi connectivity index (χ1v) is 6.10. The summed E-state index contributed by atoms with van der Waals surface area (Å²) in [6.07, 6.45) is 2.88. The largest absolute Gasteiger partial charge is 0.371 e. The zero-order chi connectivity index (χ0) is 13.1. The Kier molecular flexibility index (Phi) is 3.60. The van der Waals surface area contributed by atoms with E-state index in [0.717, 1.165) is 31.6 Å². The molecule has 5 heteroatoms. The molecule has 0 radical (unpaired) electrons. The maximum Gasteiger partial charge on any atom is 0.270 e. The third kappa shape index (κ3) is 2.50. The molecule has 2 rings (SSSR count). The highest BCUT2D eigenvalue weighted by atomic mass is 16.6. The van der Waals surface area contributed by atoms with Gasteiger partial charge in [0.25, 0.3) is 5.69 Å². The topological polar surface area (TPSA) is 63.4 Å². The summed E-state index contributed by atoms with van der Waals surface area (Å²) in [4.78, 5) is 23.4. The summed E-state index contributed by atoms with van der Waals surface area (Å²) in [6, 6.07) is 4.48. The highest BCUT2D eigenvalue weighted by molar-refractivity contribution is 5.86. The second-order valence-electron chi connectivity index (χ2n) is 4.79. The minimum absolute atomic E-state index is 0.0359. The number of carbonyl (C=O) groups is 1. The Morgan fingerprint density at radius 2 is 2.06 bits per heavy atom. The second kappa shape index (κ2) is 5.16. The van der Waals surface area contributed by atoms with Crippen LogP contribution in [-0.4, -0.2) is 24.3 Å². The van der Waals surface area contributed by atoms with Gasteiger partial charge in [-0.25, -0.2) is 0 Å². The van der Waals surface area contributed by atoms with Gasteiger partial charge in [0.2, 0.25) is 0 Å². The molecule has 18 heavy (non-hydrogen) atoms. The SMILES string of the molecule is CC1CCN(c2ccc([N+](=O)[O-])cc2C=O)CC1. The molecule has 1 aromatic rings. The Balaban J connectivity index is 2.27. The maximum atomic E-state index is 11.1. The number of hydrogen-bond donors (Lipinski definition) is 0. The molecule has 0 saturated carbocycles. The van der Waals surface area contributed by atoms with Crippen molar-refractivity contribution in [3.05, 3.63) is 33.9 Å². The summed E-state index contributed by atoms with van der Waals surface area (Å²) in [7, 11) is 0. The van der Waals surface area contributed by atoms with Crippen LogP contribution in [0, 0.1) is 16.0 Å². The summed E-state index contributed by atoms with van der Waals surface area (Å²) >= 11 is 0. The van der Waals surface area contributed by atoms with E-state index in [9.17, 15) is 14.9 Å². The predicted molar refractivity (Wildman–Crippen MR) is 69.1 cm³/mol. The lowest BCUT2D eigenvalue weighted by molar-refractivity contribution is -0.384. The number of nitro benzene ring substituents is 1. The van der Waals surface area contributed by atoms with Gasteiger partial charge in [0, 0.05) is 36.5 Å². The first-order chi connectivity index (χ1) is 8.61. The molecule has 1 aliphatic heterocycles. The van der Waals surface area contributed by atoms with Crippen molar-refractivity contribution in [2.75, 3.05) is 18.0 Å². The molecule has 0 atom stereocenters. The van der Waals surface area contributed by atoms with Crippen molar-refractivity contribution >= 4 is 17.7 Å². The molecule has 1 fully saturated rings. The van der Waals surface area contributed by atoms with E-state index in [0.29, 0.717) is 17.8 Å². The van der Waals surface area contributed by atoms with Gasteiger partial charge < -0.3 is 4.90 Å². The van der Waals surface area contributed by atoms with Gasteiger partial charge in [-0.3, -0.25) is 14.9 Å². The lowest BCUT2D eigenvalue weighted by atomic mass is 9.98. The Morgan fingerprint density at radius 3 is 2.61 bits per heavy atom. The van der Waals surface area contributed by atoms with Crippen LogP contribution in [0.5, 0.6) is 0 Å². The van der Waals surface area contributed by atoms with E-state index in [1.807, 2.05) is 0 Å². The van der Waals surface area contributed by atoms with Crippen LogP contribution in [0.3, 0.4) is 0 Å². The van der Waals surface area contributed by atoms with Crippen molar-refractivity contribution in [2.24, 2.45) is 5.92 Å². The van der Waals surface area contributed by atoms with E-state index in [4.69, 9.17) is 0 Å². The third-order valence-electron chi connectivity index (χ3n) is 3.47. The van der Waals surface area contributed by atoms with Crippen LogP contribution < -0.4 is 4.90 Å². The molecule has 5 nitrogen and oxygen atoms in total. The fourth-order valence-corrected chi connectivity index (χ4v) is 2.29. The normalized spacial score (nSPS) is 16.6. The average Bonchev–Trinajstić information content (AvgIpc) is 2.39. The van der Waals surface area contributed by atoms with Gasteiger partial charge >= 0.3 is 0 Å². The fourth-order valence-electron chi connectivity index (χ4n) is 2.29. The van der Waals surface area contributed by atoms with Gasteiger partial charge in [0.15, 0.2) is 6.29 Å². The van der Waals surface area contributed by atoms with Crippen molar-refractivity contribution in [1.29, 1.82) is 0 Å². The minimum Gasteiger partial charge on any atom is -0.371 e. The summed E-state index contributed by atoms with van der Waals surface area (Å²) in [5, 5.41) is 10.7. The zero-order valence-electron chi connectivity index (χ0n) is 10.3. The number of rotatable bonds is 3. The second-order valence-corrected chi connectivity index (χ2v) is 4.79. The third-order valence-corrected chi connectivity index (χ3v) is 3.47. The quantitative estimate of drug-likeness (QED) is 0.468. The van der Waals surface area contributed by atoms with Gasteiger partial charge in [-0.15, -0.1) is 0 Å². The van der Waals surface area contributed by atoms with Crippen molar-refractivity contribution in [1.82, 2.24) is 0 Å². The number of piperidine rings is 1. The molecule has 96 valence electrons. The van der Waals surface area contributed by atoms with E-state index in [1.54, 1.807) is 6.07 Å². The number of non-ortho nitro benzene ring substituents is 1. The van der Waals surface area contributed by atoms with E-state index >= 15 is 0 Å². The van der Waals surface area contributed by atoms with Crippen LogP contribution in [0.1, 0.15) is 30.1 Å². The first kappa shape index (κ1) is 12.5. The molecule has 0 aliphatic carbocycles. The van der Waals surface area contributed by atoms with Gasteiger partial charge in [-0.1, -0.05) is 6.92 Å². The van der Waals surface area contributed by atoms with E-state index in [2.05, 4.69) is 11.8 Å². The van der Waals surface area contributed by atoms with Crippen molar-refractivity contribution in [3.8, 4) is 0 Å².